The maximum Gasteiger partial charge on any atom is 0.124 e. The fourth-order valence-electron chi connectivity index (χ4n) is 1.84. The van der Waals surface area contributed by atoms with Gasteiger partial charge in [0.15, 0.2) is 0 Å². The lowest BCUT2D eigenvalue weighted by molar-refractivity contribution is 0.212. The quantitative estimate of drug-likeness (QED) is 0.708. The van der Waals surface area contributed by atoms with Crippen molar-refractivity contribution < 1.29 is 5.11 Å². The molecule has 0 spiro atoms. The zero-order valence-corrected chi connectivity index (χ0v) is 12.7. The van der Waals surface area contributed by atoms with Crippen molar-refractivity contribution in [3.63, 3.8) is 0 Å². The average Bonchev–Trinajstić information content (AvgIpc) is 3.07. The molecule has 1 aromatic carbocycles. The first-order valence-electron chi connectivity index (χ1n) is 5.64. The Hall–Kier alpha value is -1.25. The molecular formula is C13H10IN3OS. The van der Waals surface area contributed by atoms with E-state index in [0.29, 0.717) is 5.69 Å². The van der Waals surface area contributed by atoms with Gasteiger partial charge in [-0.05, 0) is 51.7 Å². The number of halogens is 1. The van der Waals surface area contributed by atoms with Gasteiger partial charge in [-0.25, -0.2) is 4.68 Å². The number of thiophene rings is 1. The molecular weight excluding hydrogens is 373 g/mol. The standard InChI is InChI=1S/C13H10IN3OS/c14-12-6-9(8-19-12)13(18)11-7-15-16-17(11)10-4-2-1-3-5-10/h1-8,13,18H. The fourth-order valence-corrected chi connectivity index (χ4v) is 3.23. The van der Waals surface area contributed by atoms with Gasteiger partial charge in [0.2, 0.25) is 0 Å². The van der Waals surface area contributed by atoms with E-state index in [2.05, 4.69) is 32.9 Å². The van der Waals surface area contributed by atoms with E-state index in [1.165, 1.54) is 0 Å². The molecule has 0 saturated heterocycles. The zero-order valence-electron chi connectivity index (χ0n) is 9.77. The highest BCUT2D eigenvalue weighted by Gasteiger charge is 2.18. The van der Waals surface area contributed by atoms with Crippen molar-refractivity contribution in [3.05, 3.63) is 62.1 Å². The molecule has 0 aliphatic rings. The zero-order chi connectivity index (χ0) is 13.2. The van der Waals surface area contributed by atoms with Gasteiger partial charge in [-0.15, -0.1) is 16.4 Å². The number of aliphatic hydroxyl groups excluding tert-OH is 1. The molecule has 0 fully saturated rings. The topological polar surface area (TPSA) is 50.9 Å². The summed E-state index contributed by atoms with van der Waals surface area (Å²) in [6.45, 7) is 0. The van der Waals surface area contributed by atoms with Gasteiger partial charge in [0.25, 0.3) is 0 Å². The van der Waals surface area contributed by atoms with E-state index in [1.807, 2.05) is 41.8 Å². The first-order valence-corrected chi connectivity index (χ1v) is 7.59. The Morgan fingerprint density at radius 2 is 2.05 bits per heavy atom. The Labute approximate surface area is 127 Å². The van der Waals surface area contributed by atoms with Crippen LogP contribution in [0.5, 0.6) is 0 Å². The lowest BCUT2D eigenvalue weighted by Gasteiger charge is -2.11. The van der Waals surface area contributed by atoms with Crippen LogP contribution in [-0.4, -0.2) is 20.1 Å². The van der Waals surface area contributed by atoms with Gasteiger partial charge in [-0.1, -0.05) is 23.4 Å². The van der Waals surface area contributed by atoms with Crippen LogP contribution >= 0.6 is 33.9 Å². The van der Waals surface area contributed by atoms with Crippen LogP contribution in [0.25, 0.3) is 5.69 Å². The number of benzene rings is 1. The van der Waals surface area contributed by atoms with Crippen molar-refractivity contribution in [2.24, 2.45) is 0 Å². The Balaban J connectivity index is 2.01. The third-order valence-corrected chi connectivity index (χ3v) is 4.57. The Kier molecular flexibility index (Phi) is 3.63. The SMILES string of the molecule is OC(c1csc(I)c1)c1cnnn1-c1ccccc1. The molecule has 0 aliphatic carbocycles. The summed E-state index contributed by atoms with van der Waals surface area (Å²) < 4.78 is 2.81. The minimum atomic E-state index is -0.713. The molecule has 0 bridgehead atoms. The highest BCUT2D eigenvalue weighted by Crippen LogP contribution is 2.27. The number of hydrogen-bond donors (Lipinski definition) is 1. The maximum atomic E-state index is 10.4. The molecule has 96 valence electrons. The number of aliphatic hydroxyl groups is 1. The predicted octanol–water partition coefficient (Wildman–Crippen LogP) is 3.02. The number of rotatable bonds is 3. The number of hydrogen-bond acceptors (Lipinski definition) is 4. The van der Waals surface area contributed by atoms with E-state index in [0.717, 1.165) is 14.1 Å². The molecule has 1 atom stereocenters. The van der Waals surface area contributed by atoms with Crippen molar-refractivity contribution in [1.29, 1.82) is 0 Å². The smallest absolute Gasteiger partial charge is 0.124 e. The van der Waals surface area contributed by atoms with Crippen molar-refractivity contribution in [1.82, 2.24) is 15.0 Å². The Morgan fingerprint density at radius 3 is 2.74 bits per heavy atom. The van der Waals surface area contributed by atoms with E-state index >= 15 is 0 Å². The average molecular weight is 383 g/mol. The normalized spacial score (nSPS) is 12.5. The van der Waals surface area contributed by atoms with Crippen LogP contribution in [0.2, 0.25) is 0 Å². The lowest BCUT2D eigenvalue weighted by Crippen LogP contribution is -2.07. The maximum absolute atomic E-state index is 10.4. The molecule has 4 nitrogen and oxygen atoms in total. The summed E-state index contributed by atoms with van der Waals surface area (Å²) in [5, 5.41) is 20.3. The molecule has 2 aromatic heterocycles. The van der Waals surface area contributed by atoms with Crippen LogP contribution in [0.15, 0.2) is 48.0 Å². The summed E-state index contributed by atoms with van der Waals surface area (Å²) in [7, 11) is 0. The number of para-hydroxylation sites is 1. The van der Waals surface area contributed by atoms with Crippen LogP contribution in [0.1, 0.15) is 17.4 Å². The highest BCUT2D eigenvalue weighted by atomic mass is 127. The minimum Gasteiger partial charge on any atom is -0.382 e. The van der Waals surface area contributed by atoms with E-state index in [4.69, 9.17) is 0 Å². The Bertz CT molecular complexity index is 680. The molecule has 2 heterocycles. The molecule has 0 radical (unpaired) electrons. The van der Waals surface area contributed by atoms with Gasteiger partial charge in [-0.2, -0.15) is 0 Å². The third kappa shape index (κ3) is 2.56. The van der Waals surface area contributed by atoms with Crippen molar-refractivity contribution in [2.75, 3.05) is 0 Å². The van der Waals surface area contributed by atoms with E-state index in [-0.39, 0.29) is 0 Å². The molecule has 1 unspecified atom stereocenters. The monoisotopic (exact) mass is 383 g/mol. The van der Waals surface area contributed by atoms with Gasteiger partial charge in [0.1, 0.15) is 6.10 Å². The summed E-state index contributed by atoms with van der Waals surface area (Å²) in [4.78, 5) is 0. The van der Waals surface area contributed by atoms with E-state index in [1.54, 1.807) is 22.2 Å². The summed E-state index contributed by atoms with van der Waals surface area (Å²) in [6.07, 6.45) is 0.886. The Morgan fingerprint density at radius 1 is 1.26 bits per heavy atom. The summed E-state index contributed by atoms with van der Waals surface area (Å²) in [6, 6.07) is 11.6. The molecule has 0 aliphatic heterocycles. The van der Waals surface area contributed by atoms with Gasteiger partial charge >= 0.3 is 0 Å². The molecule has 19 heavy (non-hydrogen) atoms. The van der Waals surface area contributed by atoms with Crippen molar-refractivity contribution in [3.8, 4) is 5.69 Å². The molecule has 3 rings (SSSR count). The van der Waals surface area contributed by atoms with Crippen molar-refractivity contribution >= 4 is 33.9 Å². The third-order valence-electron chi connectivity index (χ3n) is 2.76. The van der Waals surface area contributed by atoms with E-state index < -0.39 is 6.10 Å². The predicted molar refractivity (Wildman–Crippen MR) is 82.5 cm³/mol. The van der Waals surface area contributed by atoms with Crippen LogP contribution in [-0.2, 0) is 0 Å². The van der Waals surface area contributed by atoms with E-state index in [9.17, 15) is 5.11 Å². The molecule has 1 N–H and O–H groups in total. The molecule has 0 amide bonds. The summed E-state index contributed by atoms with van der Waals surface area (Å²) in [5.41, 5.74) is 2.42. The lowest BCUT2D eigenvalue weighted by atomic mass is 10.1. The second-order valence-corrected chi connectivity index (χ2v) is 6.80. The van der Waals surface area contributed by atoms with Gasteiger partial charge in [0.05, 0.1) is 20.5 Å². The first-order chi connectivity index (χ1) is 9.25. The summed E-state index contributed by atoms with van der Waals surface area (Å²) in [5.74, 6) is 0. The van der Waals surface area contributed by atoms with Crippen LogP contribution < -0.4 is 0 Å². The summed E-state index contributed by atoms with van der Waals surface area (Å²) >= 11 is 3.85. The van der Waals surface area contributed by atoms with Crippen LogP contribution in [0.4, 0.5) is 0 Å². The van der Waals surface area contributed by atoms with Crippen LogP contribution in [0.3, 0.4) is 0 Å². The van der Waals surface area contributed by atoms with Crippen LogP contribution in [0, 0.1) is 2.88 Å². The highest BCUT2D eigenvalue weighted by molar-refractivity contribution is 14.1. The number of nitrogens with zero attached hydrogens (tertiary/aromatic N) is 3. The molecule has 6 heteroatoms. The second kappa shape index (κ2) is 5.40. The fraction of sp³-hybridized carbons (Fsp3) is 0.0769. The molecule has 0 saturated carbocycles. The van der Waals surface area contributed by atoms with Gasteiger partial charge < -0.3 is 5.11 Å². The largest absolute Gasteiger partial charge is 0.382 e. The minimum absolute atomic E-state index is 0.667. The number of aromatic nitrogens is 3. The second-order valence-electron chi connectivity index (χ2n) is 3.99. The van der Waals surface area contributed by atoms with Crippen molar-refractivity contribution in [2.45, 2.75) is 6.10 Å². The van der Waals surface area contributed by atoms with Gasteiger partial charge in [-0.3, -0.25) is 0 Å². The first kappa shape index (κ1) is 12.8. The molecule has 3 aromatic rings. The van der Waals surface area contributed by atoms with Gasteiger partial charge in [0, 0.05) is 0 Å².